The van der Waals surface area contributed by atoms with Gasteiger partial charge in [0.25, 0.3) is 5.91 Å². The number of nitrogens with zero attached hydrogens (tertiary/aromatic N) is 2. The topological polar surface area (TPSA) is 46.9 Å². The van der Waals surface area contributed by atoms with Gasteiger partial charge < -0.3 is 5.32 Å². The van der Waals surface area contributed by atoms with Crippen molar-refractivity contribution in [3.05, 3.63) is 16.9 Å². The third-order valence-corrected chi connectivity index (χ3v) is 2.90. The van der Waals surface area contributed by atoms with Gasteiger partial charge in [-0.2, -0.15) is 35.8 Å². The summed E-state index contributed by atoms with van der Waals surface area (Å²) in [6.07, 6.45) is -3.58. The van der Waals surface area contributed by atoms with Crippen LogP contribution in [0, 0.1) is 0 Å². The Kier molecular flexibility index (Phi) is 5.47. The molecule has 1 heterocycles. The number of rotatable bonds is 6. The lowest BCUT2D eigenvalue weighted by Gasteiger charge is -2.27. The minimum Gasteiger partial charge on any atom is -0.351 e. The van der Waals surface area contributed by atoms with E-state index in [1.54, 1.807) is 0 Å². The fourth-order valence-electron chi connectivity index (χ4n) is 1.34. The SMILES string of the molecule is O=C(NCCCn1cc(Br)cn1)C(F)(F)C(F)(F)C(F)(F)F. The second kappa shape index (κ2) is 6.42. The predicted molar refractivity (Wildman–Crippen MR) is 63.5 cm³/mol. The average molecular weight is 400 g/mol. The largest absolute Gasteiger partial charge is 0.460 e. The third kappa shape index (κ3) is 3.90. The molecule has 0 aliphatic heterocycles. The highest BCUT2D eigenvalue weighted by molar-refractivity contribution is 9.10. The van der Waals surface area contributed by atoms with E-state index in [-0.39, 0.29) is 13.0 Å². The molecule has 4 nitrogen and oxygen atoms in total. The number of amides is 1. The zero-order valence-corrected chi connectivity index (χ0v) is 12.2. The Labute approximate surface area is 127 Å². The molecule has 0 aromatic carbocycles. The first-order valence-electron chi connectivity index (χ1n) is 5.68. The maximum Gasteiger partial charge on any atom is 0.460 e. The Balaban J connectivity index is 2.53. The summed E-state index contributed by atoms with van der Waals surface area (Å²) in [4.78, 5) is 10.9. The standard InChI is InChI=1S/C10H9BrF7N3O/c11-6-4-20-21(5-6)3-1-2-19-7(22)8(12,13)9(14,15)10(16,17)18/h4-5H,1-3H2,(H,19,22). The summed E-state index contributed by atoms with van der Waals surface area (Å²) in [5, 5.41) is 5.15. The van der Waals surface area contributed by atoms with Gasteiger partial charge in [-0.1, -0.05) is 0 Å². The van der Waals surface area contributed by atoms with Gasteiger partial charge in [0, 0.05) is 19.3 Å². The molecule has 0 saturated carbocycles. The van der Waals surface area contributed by atoms with Gasteiger partial charge in [0.1, 0.15) is 0 Å². The van der Waals surface area contributed by atoms with Crippen LogP contribution in [0.1, 0.15) is 6.42 Å². The van der Waals surface area contributed by atoms with Crippen LogP contribution in [0.4, 0.5) is 30.7 Å². The highest BCUT2D eigenvalue weighted by Crippen LogP contribution is 2.46. The summed E-state index contributed by atoms with van der Waals surface area (Å²) in [5.74, 6) is -15.0. The number of hydrogen-bond acceptors (Lipinski definition) is 2. The van der Waals surface area contributed by atoms with Crippen LogP contribution >= 0.6 is 15.9 Å². The molecule has 1 amide bonds. The van der Waals surface area contributed by atoms with Crippen LogP contribution in [0.15, 0.2) is 16.9 Å². The summed E-state index contributed by atoms with van der Waals surface area (Å²) in [5.41, 5.74) is 0. The van der Waals surface area contributed by atoms with Crippen molar-refractivity contribution in [1.82, 2.24) is 15.1 Å². The highest BCUT2D eigenvalue weighted by atomic mass is 79.9. The highest BCUT2D eigenvalue weighted by Gasteiger charge is 2.76. The zero-order valence-electron chi connectivity index (χ0n) is 10.6. The Hall–Kier alpha value is -1.33. The van der Waals surface area contributed by atoms with Crippen molar-refractivity contribution in [2.45, 2.75) is 31.0 Å². The number of aryl methyl sites for hydroxylation is 1. The molecule has 0 unspecified atom stereocenters. The quantitative estimate of drug-likeness (QED) is 0.590. The van der Waals surface area contributed by atoms with Gasteiger partial charge >= 0.3 is 18.0 Å². The molecule has 0 saturated heterocycles. The second-order valence-electron chi connectivity index (χ2n) is 4.18. The number of halogens is 8. The number of aromatic nitrogens is 2. The number of hydrogen-bond donors (Lipinski definition) is 1. The van der Waals surface area contributed by atoms with Gasteiger partial charge in [-0.05, 0) is 22.4 Å². The number of nitrogens with one attached hydrogen (secondary N) is 1. The van der Waals surface area contributed by atoms with Crippen LogP contribution in [0.2, 0.25) is 0 Å². The minimum atomic E-state index is -6.53. The van der Waals surface area contributed by atoms with Crippen molar-refractivity contribution < 1.29 is 35.5 Å². The fraction of sp³-hybridized carbons (Fsp3) is 0.600. The Bertz CT molecular complexity index is 529. The monoisotopic (exact) mass is 399 g/mol. The molecule has 0 bridgehead atoms. The van der Waals surface area contributed by atoms with Crippen LogP contribution in [0.25, 0.3) is 0 Å². The number of carbonyl (C=O) groups is 1. The van der Waals surface area contributed by atoms with Gasteiger partial charge in [-0.25, -0.2) is 0 Å². The molecule has 0 aliphatic rings. The zero-order chi connectivity index (χ0) is 17.2. The molecule has 0 spiro atoms. The van der Waals surface area contributed by atoms with Crippen LogP contribution in [0.5, 0.6) is 0 Å². The van der Waals surface area contributed by atoms with Crippen LogP contribution in [-0.4, -0.2) is 40.3 Å². The van der Waals surface area contributed by atoms with Crippen molar-refractivity contribution in [3.63, 3.8) is 0 Å². The van der Waals surface area contributed by atoms with E-state index >= 15 is 0 Å². The van der Waals surface area contributed by atoms with E-state index in [2.05, 4.69) is 21.0 Å². The van der Waals surface area contributed by atoms with Crippen LogP contribution < -0.4 is 5.32 Å². The van der Waals surface area contributed by atoms with Crippen molar-refractivity contribution in [2.75, 3.05) is 6.54 Å². The Morgan fingerprint density at radius 3 is 2.27 bits per heavy atom. The first kappa shape index (κ1) is 18.7. The van der Waals surface area contributed by atoms with E-state index in [0.717, 1.165) is 0 Å². The molecule has 1 aromatic rings. The van der Waals surface area contributed by atoms with Gasteiger partial charge in [0.2, 0.25) is 0 Å². The maximum absolute atomic E-state index is 12.9. The van der Waals surface area contributed by atoms with Gasteiger partial charge in [-0.15, -0.1) is 0 Å². The second-order valence-corrected chi connectivity index (χ2v) is 5.09. The predicted octanol–water partition coefficient (Wildman–Crippen LogP) is 2.98. The van der Waals surface area contributed by atoms with Crippen LogP contribution in [-0.2, 0) is 11.3 Å². The third-order valence-electron chi connectivity index (χ3n) is 2.49. The number of carbonyl (C=O) groups excluding carboxylic acids is 1. The average Bonchev–Trinajstić information content (AvgIpc) is 2.78. The van der Waals surface area contributed by atoms with Crippen molar-refractivity contribution in [2.24, 2.45) is 0 Å². The summed E-state index contributed by atoms with van der Waals surface area (Å²) >= 11 is 3.09. The lowest BCUT2D eigenvalue weighted by molar-refractivity contribution is -0.344. The number of alkyl halides is 7. The molecule has 0 radical (unpaired) electrons. The van der Waals surface area contributed by atoms with E-state index in [4.69, 9.17) is 0 Å². The maximum atomic E-state index is 12.9. The lowest BCUT2D eigenvalue weighted by atomic mass is 10.1. The summed E-state index contributed by atoms with van der Waals surface area (Å²) in [6.45, 7) is -0.368. The van der Waals surface area contributed by atoms with E-state index in [0.29, 0.717) is 4.47 Å². The molecule has 126 valence electrons. The molecule has 0 fully saturated rings. The molecule has 22 heavy (non-hydrogen) atoms. The van der Waals surface area contributed by atoms with E-state index in [1.807, 2.05) is 0 Å². The van der Waals surface area contributed by atoms with E-state index in [9.17, 15) is 35.5 Å². The smallest absolute Gasteiger partial charge is 0.351 e. The summed E-state index contributed by atoms with van der Waals surface area (Å²) in [6, 6.07) is 0. The Morgan fingerprint density at radius 1 is 1.23 bits per heavy atom. The van der Waals surface area contributed by atoms with Crippen LogP contribution in [0.3, 0.4) is 0 Å². The molecule has 0 aliphatic carbocycles. The van der Waals surface area contributed by atoms with Crippen molar-refractivity contribution in [3.8, 4) is 0 Å². The Morgan fingerprint density at radius 2 is 1.82 bits per heavy atom. The molecular formula is C10H9BrF7N3O. The molecular weight excluding hydrogens is 391 g/mol. The van der Waals surface area contributed by atoms with E-state index in [1.165, 1.54) is 22.4 Å². The van der Waals surface area contributed by atoms with Crippen molar-refractivity contribution >= 4 is 21.8 Å². The normalized spacial score (nSPS) is 13.3. The molecule has 0 atom stereocenters. The van der Waals surface area contributed by atoms with Gasteiger partial charge in [0.15, 0.2) is 0 Å². The lowest BCUT2D eigenvalue weighted by Crippen LogP contribution is -2.59. The molecule has 12 heteroatoms. The van der Waals surface area contributed by atoms with E-state index < -0.39 is 30.5 Å². The molecule has 1 rings (SSSR count). The molecule has 1 aromatic heterocycles. The van der Waals surface area contributed by atoms with Gasteiger partial charge in [-0.3, -0.25) is 9.48 Å². The first-order valence-corrected chi connectivity index (χ1v) is 6.47. The molecule has 1 N–H and O–H groups in total. The summed E-state index contributed by atoms with van der Waals surface area (Å²) in [7, 11) is 0. The van der Waals surface area contributed by atoms with Gasteiger partial charge in [0.05, 0.1) is 10.7 Å². The van der Waals surface area contributed by atoms with Crippen molar-refractivity contribution in [1.29, 1.82) is 0 Å². The fourth-order valence-corrected chi connectivity index (χ4v) is 1.66. The summed E-state index contributed by atoms with van der Waals surface area (Å²) < 4.78 is 88.7. The minimum absolute atomic E-state index is 0.00747. The first-order chi connectivity index (χ1) is 9.89.